The zero-order valence-electron chi connectivity index (χ0n) is 19.0. The van der Waals surface area contributed by atoms with E-state index in [1.54, 1.807) is 41.5 Å². The van der Waals surface area contributed by atoms with Gasteiger partial charge in [0.05, 0.1) is 0 Å². The normalized spacial score (nSPS) is 22.5. The Balaban J connectivity index is 3.28. The van der Waals surface area contributed by atoms with E-state index < -0.39 is 35.3 Å². The summed E-state index contributed by atoms with van der Waals surface area (Å²) in [5.41, 5.74) is -0.909. The highest BCUT2D eigenvalue weighted by Crippen LogP contribution is 2.36. The molecule has 1 saturated heterocycles. The van der Waals surface area contributed by atoms with Crippen molar-refractivity contribution in [3.05, 3.63) is 24.4 Å². The lowest BCUT2D eigenvalue weighted by Gasteiger charge is -2.33. The molecule has 0 unspecified atom stereocenters. The van der Waals surface area contributed by atoms with Gasteiger partial charge in [0.15, 0.2) is 0 Å². The minimum Gasteiger partial charge on any atom is -0.458 e. The topological polar surface area (TPSA) is 84.9 Å². The van der Waals surface area contributed by atoms with Crippen LogP contribution in [0.4, 0.5) is 4.79 Å². The Labute approximate surface area is 174 Å². The monoisotopic (exact) mass is 408 g/mol. The third-order valence-corrected chi connectivity index (χ3v) is 4.21. The maximum atomic E-state index is 13.1. The minimum atomic E-state index is -0.777. The largest absolute Gasteiger partial charge is 0.458 e. The third kappa shape index (κ3) is 7.91. The van der Waals surface area contributed by atoms with E-state index in [-0.39, 0.29) is 11.8 Å². The molecule has 1 fully saturated rings. The first-order valence-corrected chi connectivity index (χ1v) is 9.97. The maximum Gasteiger partial charge on any atom is 0.411 e. The van der Waals surface area contributed by atoms with Crippen molar-refractivity contribution >= 4 is 18.0 Å². The van der Waals surface area contributed by atoms with Crippen molar-refractivity contribution in [1.82, 2.24) is 10.2 Å². The molecule has 0 saturated carbocycles. The van der Waals surface area contributed by atoms with Crippen molar-refractivity contribution in [3.63, 3.8) is 0 Å². The van der Waals surface area contributed by atoms with Gasteiger partial charge in [0.2, 0.25) is 5.91 Å². The summed E-state index contributed by atoms with van der Waals surface area (Å²) in [6.07, 6.45) is 4.00. The van der Waals surface area contributed by atoms with Gasteiger partial charge in [0, 0.05) is 31.0 Å². The van der Waals surface area contributed by atoms with Gasteiger partial charge in [-0.05, 0) is 54.9 Å². The molecule has 0 spiro atoms. The lowest BCUT2D eigenvalue weighted by molar-refractivity contribution is -0.160. The van der Waals surface area contributed by atoms with E-state index in [4.69, 9.17) is 9.47 Å². The smallest absolute Gasteiger partial charge is 0.411 e. The fraction of sp³-hybridized carbons (Fsp3) is 0.682. The molecule has 1 aliphatic rings. The fourth-order valence-corrected chi connectivity index (χ4v) is 3.38. The summed E-state index contributed by atoms with van der Waals surface area (Å²) in [7, 11) is 0. The zero-order chi connectivity index (χ0) is 22.6. The second-order valence-electron chi connectivity index (χ2n) is 9.42. The molecule has 0 aromatic heterocycles. The molecule has 2 amide bonds. The van der Waals surface area contributed by atoms with Crippen LogP contribution in [-0.2, 0) is 19.1 Å². The van der Waals surface area contributed by atoms with E-state index in [2.05, 4.69) is 11.9 Å². The molecule has 1 heterocycles. The number of ether oxygens (including phenoxy) is 2. The molecule has 3 atom stereocenters. The molecule has 1 N–H and O–H groups in total. The van der Waals surface area contributed by atoms with Crippen LogP contribution in [0.2, 0.25) is 0 Å². The predicted octanol–water partition coefficient (Wildman–Crippen LogP) is 3.94. The van der Waals surface area contributed by atoms with E-state index in [1.807, 2.05) is 19.1 Å². The maximum absolute atomic E-state index is 13.1. The van der Waals surface area contributed by atoms with E-state index in [1.165, 1.54) is 11.8 Å². The highest BCUT2D eigenvalue weighted by molar-refractivity contribution is 5.83. The van der Waals surface area contributed by atoms with Crippen LogP contribution >= 0.6 is 0 Å². The van der Waals surface area contributed by atoms with Crippen molar-refractivity contribution in [2.45, 2.75) is 91.5 Å². The highest BCUT2D eigenvalue weighted by Gasteiger charge is 2.49. The Hall–Kier alpha value is -2.31. The van der Waals surface area contributed by atoms with Crippen LogP contribution in [-0.4, -0.2) is 46.2 Å². The molecule has 0 bridgehead atoms. The van der Waals surface area contributed by atoms with Gasteiger partial charge in [-0.1, -0.05) is 18.7 Å². The number of carbonyl (C=O) groups is 3. The Bertz CT molecular complexity index is 670. The molecule has 164 valence electrons. The predicted molar refractivity (Wildman–Crippen MR) is 112 cm³/mol. The number of amides is 2. The molecule has 1 rings (SSSR count). The lowest BCUT2D eigenvalue weighted by Crippen LogP contribution is -2.49. The van der Waals surface area contributed by atoms with Crippen LogP contribution in [0.5, 0.6) is 0 Å². The molecule has 7 nitrogen and oxygen atoms in total. The van der Waals surface area contributed by atoms with Gasteiger partial charge in [0.1, 0.15) is 17.2 Å². The van der Waals surface area contributed by atoms with Crippen molar-refractivity contribution < 1.29 is 23.9 Å². The van der Waals surface area contributed by atoms with Crippen molar-refractivity contribution in [2.75, 3.05) is 0 Å². The van der Waals surface area contributed by atoms with Gasteiger partial charge in [-0.2, -0.15) is 0 Å². The second kappa shape index (κ2) is 9.46. The average molecular weight is 409 g/mol. The summed E-state index contributed by atoms with van der Waals surface area (Å²) in [6.45, 7) is 17.9. The molecule has 0 aliphatic carbocycles. The molecular formula is C22H36N2O5. The first kappa shape index (κ1) is 24.7. The van der Waals surface area contributed by atoms with Gasteiger partial charge in [-0.3, -0.25) is 9.69 Å². The Morgan fingerprint density at radius 3 is 2.10 bits per heavy atom. The standard InChI is InChI=1S/C22H36N2O5/c1-10-11-16-13-18(19(26)28-21(4,5)6)24(20(27)29-22(7,8)9)17(16)12-14(2)23-15(3)25/h10-11,16-18H,2,12-13H2,1,3-9H3,(H,23,25)/t16-,17-,18-/m1/s1. The van der Waals surface area contributed by atoms with E-state index >= 15 is 0 Å². The Kier molecular flexibility index (Phi) is 8.07. The number of hydrogen-bond acceptors (Lipinski definition) is 5. The lowest BCUT2D eigenvalue weighted by atomic mass is 9.95. The van der Waals surface area contributed by atoms with Gasteiger partial charge in [-0.15, -0.1) is 0 Å². The Morgan fingerprint density at radius 1 is 1.10 bits per heavy atom. The summed E-state index contributed by atoms with van der Waals surface area (Å²) in [6, 6.07) is -1.17. The van der Waals surface area contributed by atoms with Gasteiger partial charge in [0.25, 0.3) is 0 Å². The van der Waals surface area contributed by atoms with Crippen molar-refractivity contribution in [1.29, 1.82) is 0 Å². The SMILES string of the molecule is C=C(C[C@@H]1[C@H](C=CC)C[C@H](C(=O)OC(C)(C)C)N1C(=O)OC(C)(C)C)NC(C)=O. The zero-order valence-corrected chi connectivity index (χ0v) is 19.0. The van der Waals surface area contributed by atoms with Gasteiger partial charge >= 0.3 is 12.1 Å². The number of esters is 1. The van der Waals surface area contributed by atoms with Crippen LogP contribution in [0.15, 0.2) is 24.4 Å². The number of hydrogen-bond donors (Lipinski definition) is 1. The highest BCUT2D eigenvalue weighted by atomic mass is 16.6. The first-order chi connectivity index (χ1) is 13.1. The summed E-state index contributed by atoms with van der Waals surface area (Å²) in [4.78, 5) is 38.8. The van der Waals surface area contributed by atoms with E-state index in [9.17, 15) is 14.4 Å². The van der Waals surface area contributed by atoms with Crippen LogP contribution in [0, 0.1) is 5.92 Å². The molecule has 29 heavy (non-hydrogen) atoms. The molecule has 0 aromatic carbocycles. The number of carbonyl (C=O) groups excluding carboxylic acids is 3. The summed E-state index contributed by atoms with van der Waals surface area (Å²) in [5, 5.41) is 2.67. The minimum absolute atomic E-state index is 0.101. The third-order valence-electron chi connectivity index (χ3n) is 4.21. The number of allylic oxidation sites excluding steroid dienone is 1. The molecule has 7 heteroatoms. The molecule has 0 radical (unpaired) electrons. The van der Waals surface area contributed by atoms with Gasteiger partial charge in [-0.25, -0.2) is 9.59 Å². The molecule has 1 aliphatic heterocycles. The first-order valence-electron chi connectivity index (χ1n) is 9.97. The summed E-state index contributed by atoms with van der Waals surface area (Å²) in [5.74, 6) is -0.802. The van der Waals surface area contributed by atoms with Crippen LogP contribution < -0.4 is 5.32 Å². The van der Waals surface area contributed by atoms with Crippen molar-refractivity contribution in [2.24, 2.45) is 5.92 Å². The van der Waals surface area contributed by atoms with Gasteiger partial charge < -0.3 is 14.8 Å². The number of nitrogens with one attached hydrogen (secondary N) is 1. The number of rotatable bonds is 5. The summed E-state index contributed by atoms with van der Waals surface area (Å²) < 4.78 is 11.2. The average Bonchev–Trinajstić information content (AvgIpc) is 2.82. The Morgan fingerprint density at radius 2 is 1.66 bits per heavy atom. The molecular weight excluding hydrogens is 372 g/mol. The van der Waals surface area contributed by atoms with E-state index in [0.29, 0.717) is 18.5 Å². The van der Waals surface area contributed by atoms with Crippen molar-refractivity contribution in [3.8, 4) is 0 Å². The summed E-state index contributed by atoms with van der Waals surface area (Å²) >= 11 is 0. The van der Waals surface area contributed by atoms with Crippen LogP contribution in [0.3, 0.4) is 0 Å². The van der Waals surface area contributed by atoms with Crippen LogP contribution in [0.25, 0.3) is 0 Å². The number of likely N-dealkylation sites (tertiary alicyclic amines) is 1. The second-order valence-corrected chi connectivity index (χ2v) is 9.42. The number of nitrogens with zero attached hydrogens (tertiary/aromatic N) is 1. The fourth-order valence-electron chi connectivity index (χ4n) is 3.38. The molecule has 0 aromatic rings. The quantitative estimate of drug-likeness (QED) is 0.550. The van der Waals surface area contributed by atoms with E-state index in [0.717, 1.165) is 0 Å². The van der Waals surface area contributed by atoms with Crippen LogP contribution in [0.1, 0.15) is 68.2 Å².